The van der Waals surface area contributed by atoms with Crippen molar-refractivity contribution in [2.45, 2.75) is 46.3 Å². The molecule has 0 aromatic rings. The number of nitrogens with zero attached hydrogens (tertiary/aromatic N) is 1. The number of carbonyl (C=O) groups is 1. The van der Waals surface area contributed by atoms with E-state index in [2.05, 4.69) is 33.0 Å². The third-order valence-corrected chi connectivity index (χ3v) is 3.61. The molecule has 1 aliphatic rings. The van der Waals surface area contributed by atoms with Crippen molar-refractivity contribution in [2.24, 2.45) is 11.8 Å². The third kappa shape index (κ3) is 3.42. The molecule has 0 aliphatic carbocycles. The van der Waals surface area contributed by atoms with Gasteiger partial charge >= 0.3 is 0 Å². The number of methoxy groups -OCH3 is 1. The van der Waals surface area contributed by atoms with Crippen LogP contribution in [0.2, 0.25) is 0 Å². The maximum absolute atomic E-state index is 12.3. The molecule has 1 heterocycles. The number of hydrogen-bond acceptors (Lipinski definition) is 3. The molecule has 0 radical (unpaired) electrons. The first-order valence-electron chi connectivity index (χ1n) is 6.56. The molecule has 100 valence electrons. The molecule has 1 saturated heterocycles. The molecule has 1 amide bonds. The zero-order valence-corrected chi connectivity index (χ0v) is 11.7. The van der Waals surface area contributed by atoms with Gasteiger partial charge in [-0.1, -0.05) is 27.2 Å². The lowest BCUT2D eigenvalue weighted by atomic mass is 9.99. The first-order valence-corrected chi connectivity index (χ1v) is 6.56. The molecule has 4 atom stereocenters. The molecule has 4 heteroatoms. The Labute approximate surface area is 105 Å². The summed E-state index contributed by atoms with van der Waals surface area (Å²) in [6.07, 6.45) is 1.17. The van der Waals surface area contributed by atoms with Gasteiger partial charge in [-0.05, 0) is 18.8 Å². The molecule has 1 aliphatic heterocycles. The SMILES string of the molecule is CCC(C)C1NC(C)N(CC(C)COC)C1=O. The lowest BCUT2D eigenvalue weighted by molar-refractivity contribution is -0.131. The maximum Gasteiger partial charge on any atom is 0.241 e. The van der Waals surface area contributed by atoms with Gasteiger partial charge in [0.1, 0.15) is 0 Å². The summed E-state index contributed by atoms with van der Waals surface area (Å²) in [4.78, 5) is 14.2. The summed E-state index contributed by atoms with van der Waals surface area (Å²) >= 11 is 0. The molecule has 4 unspecified atom stereocenters. The van der Waals surface area contributed by atoms with Crippen LogP contribution in [0.15, 0.2) is 0 Å². The normalized spacial score (nSPS) is 28.5. The Balaban J connectivity index is 2.59. The highest BCUT2D eigenvalue weighted by Gasteiger charge is 2.38. The maximum atomic E-state index is 12.3. The van der Waals surface area contributed by atoms with E-state index in [1.165, 1.54) is 0 Å². The van der Waals surface area contributed by atoms with Crippen molar-refractivity contribution in [1.29, 1.82) is 0 Å². The van der Waals surface area contributed by atoms with Crippen LogP contribution in [0.1, 0.15) is 34.1 Å². The zero-order chi connectivity index (χ0) is 13.0. The molecule has 0 bridgehead atoms. The van der Waals surface area contributed by atoms with E-state index in [9.17, 15) is 4.79 Å². The number of nitrogens with one attached hydrogen (secondary N) is 1. The van der Waals surface area contributed by atoms with Crippen molar-refractivity contribution in [3.63, 3.8) is 0 Å². The molecule has 1 N–H and O–H groups in total. The molecule has 0 spiro atoms. The first kappa shape index (κ1) is 14.5. The van der Waals surface area contributed by atoms with Crippen molar-refractivity contribution < 1.29 is 9.53 Å². The molecule has 0 saturated carbocycles. The van der Waals surface area contributed by atoms with Crippen LogP contribution in [0.4, 0.5) is 0 Å². The van der Waals surface area contributed by atoms with Crippen LogP contribution in [0.25, 0.3) is 0 Å². The molecule has 1 rings (SSSR count). The number of rotatable bonds is 6. The predicted octanol–water partition coefficient (Wildman–Crippen LogP) is 1.46. The van der Waals surface area contributed by atoms with Crippen molar-refractivity contribution in [2.75, 3.05) is 20.3 Å². The molecule has 1 fully saturated rings. The van der Waals surface area contributed by atoms with Crippen LogP contribution in [-0.4, -0.2) is 43.3 Å². The fourth-order valence-electron chi connectivity index (χ4n) is 2.36. The highest BCUT2D eigenvalue weighted by atomic mass is 16.5. The molecule has 0 aromatic carbocycles. The molecule has 0 aromatic heterocycles. The largest absolute Gasteiger partial charge is 0.384 e. The number of amides is 1. The Morgan fingerprint density at radius 1 is 1.47 bits per heavy atom. The second-order valence-corrected chi connectivity index (χ2v) is 5.26. The van der Waals surface area contributed by atoms with E-state index in [0.29, 0.717) is 18.4 Å². The molecule has 4 nitrogen and oxygen atoms in total. The van der Waals surface area contributed by atoms with Gasteiger partial charge in [0.05, 0.1) is 18.8 Å². The van der Waals surface area contributed by atoms with Crippen LogP contribution in [0.5, 0.6) is 0 Å². The topological polar surface area (TPSA) is 41.6 Å². The van der Waals surface area contributed by atoms with Crippen LogP contribution in [0, 0.1) is 11.8 Å². The Kier molecular flexibility index (Phi) is 5.40. The summed E-state index contributed by atoms with van der Waals surface area (Å²) in [6.45, 7) is 9.89. The van der Waals surface area contributed by atoms with Gasteiger partial charge in [0.15, 0.2) is 0 Å². The Hall–Kier alpha value is -0.610. The van der Waals surface area contributed by atoms with E-state index in [1.807, 2.05) is 4.90 Å². The molecular formula is C13H26N2O2. The first-order chi connectivity index (χ1) is 8.01. The Bertz CT molecular complexity index is 258. The highest BCUT2D eigenvalue weighted by molar-refractivity contribution is 5.84. The summed E-state index contributed by atoms with van der Waals surface area (Å²) in [6, 6.07) is -0.00950. The van der Waals surface area contributed by atoms with Gasteiger partial charge in [-0.2, -0.15) is 0 Å². The Morgan fingerprint density at radius 2 is 2.12 bits per heavy atom. The average molecular weight is 242 g/mol. The van der Waals surface area contributed by atoms with E-state index >= 15 is 0 Å². The average Bonchev–Trinajstić information content (AvgIpc) is 2.56. The van der Waals surface area contributed by atoms with Crippen LogP contribution in [-0.2, 0) is 9.53 Å². The van der Waals surface area contributed by atoms with Crippen LogP contribution < -0.4 is 5.32 Å². The summed E-state index contributed by atoms with van der Waals surface area (Å²) < 4.78 is 5.12. The minimum Gasteiger partial charge on any atom is -0.384 e. The van der Waals surface area contributed by atoms with E-state index in [4.69, 9.17) is 4.74 Å². The lowest BCUT2D eigenvalue weighted by Gasteiger charge is -2.24. The van der Waals surface area contributed by atoms with E-state index < -0.39 is 0 Å². The minimum absolute atomic E-state index is 0.00950. The van der Waals surface area contributed by atoms with Gasteiger partial charge in [0.25, 0.3) is 0 Å². The fourth-order valence-corrected chi connectivity index (χ4v) is 2.36. The predicted molar refractivity (Wildman–Crippen MR) is 68.6 cm³/mol. The second kappa shape index (κ2) is 6.36. The third-order valence-electron chi connectivity index (χ3n) is 3.61. The Morgan fingerprint density at radius 3 is 2.65 bits per heavy atom. The monoisotopic (exact) mass is 242 g/mol. The van der Waals surface area contributed by atoms with Crippen LogP contribution >= 0.6 is 0 Å². The number of hydrogen-bond donors (Lipinski definition) is 1. The van der Waals surface area contributed by atoms with Gasteiger partial charge in [0.2, 0.25) is 5.91 Å². The van der Waals surface area contributed by atoms with Crippen molar-refractivity contribution in [3.8, 4) is 0 Å². The number of ether oxygens (including phenoxy) is 1. The smallest absolute Gasteiger partial charge is 0.241 e. The van der Waals surface area contributed by atoms with Gasteiger partial charge < -0.3 is 9.64 Å². The summed E-state index contributed by atoms with van der Waals surface area (Å²) in [5, 5.41) is 3.39. The van der Waals surface area contributed by atoms with Crippen molar-refractivity contribution in [1.82, 2.24) is 10.2 Å². The highest BCUT2D eigenvalue weighted by Crippen LogP contribution is 2.20. The standard InChI is InChI=1S/C13H26N2O2/c1-6-10(3)12-13(16)15(11(4)14-12)7-9(2)8-17-5/h9-12,14H,6-8H2,1-5H3. The van der Waals surface area contributed by atoms with Crippen molar-refractivity contribution >= 4 is 5.91 Å². The summed E-state index contributed by atoms with van der Waals surface area (Å²) in [5.74, 6) is 1.02. The molecular weight excluding hydrogens is 216 g/mol. The summed E-state index contributed by atoms with van der Waals surface area (Å²) in [7, 11) is 1.70. The van der Waals surface area contributed by atoms with E-state index in [0.717, 1.165) is 13.0 Å². The lowest BCUT2D eigenvalue weighted by Crippen LogP contribution is -2.38. The molecule has 17 heavy (non-hydrogen) atoms. The quantitative estimate of drug-likeness (QED) is 0.766. The van der Waals surface area contributed by atoms with E-state index in [1.54, 1.807) is 7.11 Å². The second-order valence-electron chi connectivity index (χ2n) is 5.26. The fraction of sp³-hybridized carbons (Fsp3) is 0.923. The van der Waals surface area contributed by atoms with Gasteiger partial charge in [-0.3, -0.25) is 10.1 Å². The summed E-state index contributed by atoms with van der Waals surface area (Å²) in [5.41, 5.74) is 0. The van der Waals surface area contributed by atoms with Gasteiger partial charge in [-0.25, -0.2) is 0 Å². The van der Waals surface area contributed by atoms with Gasteiger partial charge in [0, 0.05) is 13.7 Å². The van der Waals surface area contributed by atoms with Crippen LogP contribution in [0.3, 0.4) is 0 Å². The minimum atomic E-state index is -0.00950. The zero-order valence-electron chi connectivity index (χ0n) is 11.7. The van der Waals surface area contributed by atoms with E-state index in [-0.39, 0.29) is 18.1 Å². The van der Waals surface area contributed by atoms with Crippen molar-refractivity contribution in [3.05, 3.63) is 0 Å². The van der Waals surface area contributed by atoms with Gasteiger partial charge in [-0.15, -0.1) is 0 Å². The number of carbonyl (C=O) groups excluding carboxylic acids is 1.